The number of rotatable bonds is 4. The standard InChI is InChI=1S/C13H8F2N2O3/c14-9-1-6-13(12(15)7-9)16(8-18)10-2-4-11(5-3-10)17(19)20/h1-8H. The van der Waals surface area contributed by atoms with E-state index in [9.17, 15) is 23.7 Å². The van der Waals surface area contributed by atoms with Gasteiger partial charge in [-0.2, -0.15) is 0 Å². The van der Waals surface area contributed by atoms with Crippen LogP contribution in [0.25, 0.3) is 0 Å². The molecule has 0 saturated heterocycles. The van der Waals surface area contributed by atoms with Gasteiger partial charge in [-0.15, -0.1) is 0 Å². The topological polar surface area (TPSA) is 63.5 Å². The molecular weight excluding hydrogens is 270 g/mol. The molecule has 7 heteroatoms. The van der Waals surface area contributed by atoms with Crippen molar-refractivity contribution in [2.75, 3.05) is 4.90 Å². The molecule has 0 aromatic heterocycles. The molecule has 0 fully saturated rings. The van der Waals surface area contributed by atoms with E-state index in [1.807, 2.05) is 0 Å². The molecule has 0 spiro atoms. The van der Waals surface area contributed by atoms with E-state index in [2.05, 4.69) is 0 Å². The fraction of sp³-hybridized carbons (Fsp3) is 0. The van der Waals surface area contributed by atoms with Gasteiger partial charge in [0, 0.05) is 23.9 Å². The second kappa shape index (κ2) is 5.43. The number of amides is 1. The fourth-order valence-corrected chi connectivity index (χ4v) is 1.67. The monoisotopic (exact) mass is 278 g/mol. The number of benzene rings is 2. The highest BCUT2D eigenvalue weighted by Gasteiger charge is 2.15. The number of carbonyl (C=O) groups excluding carboxylic acids is 1. The van der Waals surface area contributed by atoms with Crippen molar-refractivity contribution >= 4 is 23.5 Å². The molecule has 5 nitrogen and oxygen atoms in total. The zero-order valence-electron chi connectivity index (χ0n) is 9.99. The SMILES string of the molecule is O=CN(c1ccc([N+](=O)[O-])cc1)c1ccc(F)cc1F. The Kier molecular flexibility index (Phi) is 3.69. The van der Waals surface area contributed by atoms with E-state index in [4.69, 9.17) is 0 Å². The third-order valence-corrected chi connectivity index (χ3v) is 2.61. The van der Waals surface area contributed by atoms with Crippen LogP contribution in [-0.4, -0.2) is 11.3 Å². The Labute approximate surface area is 112 Å². The molecule has 0 N–H and O–H groups in total. The molecule has 20 heavy (non-hydrogen) atoms. The summed E-state index contributed by atoms with van der Waals surface area (Å²) >= 11 is 0. The summed E-state index contributed by atoms with van der Waals surface area (Å²) in [6, 6.07) is 7.75. The summed E-state index contributed by atoms with van der Waals surface area (Å²) in [6.45, 7) is 0. The average molecular weight is 278 g/mol. The van der Waals surface area contributed by atoms with Gasteiger partial charge in [0.15, 0.2) is 0 Å². The molecule has 0 saturated carbocycles. The highest BCUT2D eigenvalue weighted by molar-refractivity contribution is 5.86. The van der Waals surface area contributed by atoms with E-state index in [0.29, 0.717) is 12.5 Å². The molecule has 0 aliphatic carbocycles. The molecule has 2 aromatic carbocycles. The number of carbonyl (C=O) groups is 1. The molecule has 102 valence electrons. The Hall–Kier alpha value is -2.83. The van der Waals surface area contributed by atoms with Crippen LogP contribution in [0.3, 0.4) is 0 Å². The summed E-state index contributed by atoms with van der Waals surface area (Å²) < 4.78 is 26.5. The molecule has 0 aliphatic rings. The van der Waals surface area contributed by atoms with Crippen LogP contribution >= 0.6 is 0 Å². The number of hydrogen-bond donors (Lipinski definition) is 0. The number of nitro groups is 1. The number of nitro benzene ring substituents is 1. The lowest BCUT2D eigenvalue weighted by Gasteiger charge is -2.18. The number of halogens is 2. The smallest absolute Gasteiger partial charge is 0.269 e. The molecule has 0 radical (unpaired) electrons. The zero-order valence-corrected chi connectivity index (χ0v) is 9.99. The van der Waals surface area contributed by atoms with E-state index < -0.39 is 16.6 Å². The summed E-state index contributed by atoms with van der Waals surface area (Å²) in [5.74, 6) is -1.67. The second-order valence-electron chi connectivity index (χ2n) is 3.84. The van der Waals surface area contributed by atoms with Crippen LogP contribution < -0.4 is 4.90 Å². The first-order chi connectivity index (χ1) is 9.52. The fourth-order valence-electron chi connectivity index (χ4n) is 1.67. The van der Waals surface area contributed by atoms with Crippen LogP contribution in [0, 0.1) is 21.7 Å². The Balaban J connectivity index is 2.41. The van der Waals surface area contributed by atoms with E-state index in [1.54, 1.807) is 0 Å². The van der Waals surface area contributed by atoms with Crippen molar-refractivity contribution in [1.29, 1.82) is 0 Å². The summed E-state index contributed by atoms with van der Waals surface area (Å²) in [7, 11) is 0. The molecule has 2 aromatic rings. The molecule has 1 amide bonds. The molecule has 2 rings (SSSR count). The summed E-state index contributed by atoms with van der Waals surface area (Å²) in [4.78, 5) is 22.0. The maximum atomic E-state index is 13.6. The quantitative estimate of drug-likeness (QED) is 0.490. The lowest BCUT2D eigenvalue weighted by atomic mass is 10.2. The van der Waals surface area contributed by atoms with E-state index in [-0.39, 0.29) is 17.1 Å². The van der Waals surface area contributed by atoms with Gasteiger partial charge in [-0.05, 0) is 24.3 Å². The first-order valence-electron chi connectivity index (χ1n) is 5.47. The summed E-state index contributed by atoms with van der Waals surface area (Å²) in [5.41, 5.74) is -0.0643. The first kappa shape index (κ1) is 13.6. The zero-order chi connectivity index (χ0) is 14.7. The molecule has 0 bridgehead atoms. The van der Waals surface area contributed by atoms with Gasteiger partial charge in [0.05, 0.1) is 10.6 Å². The van der Waals surface area contributed by atoms with Crippen molar-refractivity contribution in [3.63, 3.8) is 0 Å². The van der Waals surface area contributed by atoms with Crippen molar-refractivity contribution < 1.29 is 18.5 Å². The summed E-state index contributed by atoms with van der Waals surface area (Å²) in [6.07, 6.45) is 0.345. The van der Waals surface area contributed by atoms with Crippen molar-refractivity contribution in [2.24, 2.45) is 0 Å². The van der Waals surface area contributed by atoms with Crippen molar-refractivity contribution in [1.82, 2.24) is 0 Å². The number of hydrogen-bond acceptors (Lipinski definition) is 3. The second-order valence-corrected chi connectivity index (χ2v) is 3.84. The summed E-state index contributed by atoms with van der Waals surface area (Å²) in [5, 5.41) is 10.5. The minimum atomic E-state index is -0.907. The minimum absolute atomic E-state index is 0.143. The van der Waals surface area contributed by atoms with Crippen molar-refractivity contribution in [3.8, 4) is 0 Å². The molecule has 0 heterocycles. The van der Waals surface area contributed by atoms with Gasteiger partial charge in [0.1, 0.15) is 11.6 Å². The number of nitrogens with zero attached hydrogens (tertiary/aromatic N) is 2. The van der Waals surface area contributed by atoms with E-state index in [0.717, 1.165) is 17.0 Å². The van der Waals surface area contributed by atoms with Gasteiger partial charge in [-0.1, -0.05) is 0 Å². The van der Waals surface area contributed by atoms with Crippen LogP contribution in [0.4, 0.5) is 25.8 Å². The Morgan fingerprint density at radius 2 is 1.75 bits per heavy atom. The van der Waals surface area contributed by atoms with Crippen molar-refractivity contribution in [2.45, 2.75) is 0 Å². The van der Waals surface area contributed by atoms with Gasteiger partial charge in [0.25, 0.3) is 5.69 Å². The van der Waals surface area contributed by atoms with E-state index >= 15 is 0 Å². The number of non-ortho nitro benzene ring substituents is 1. The Morgan fingerprint density at radius 1 is 1.10 bits per heavy atom. The number of anilines is 2. The predicted molar refractivity (Wildman–Crippen MR) is 67.7 cm³/mol. The van der Waals surface area contributed by atoms with Crippen LogP contribution in [0.15, 0.2) is 42.5 Å². The third-order valence-electron chi connectivity index (χ3n) is 2.61. The largest absolute Gasteiger partial charge is 0.281 e. The normalized spacial score (nSPS) is 10.1. The Bertz CT molecular complexity index is 659. The molecular formula is C13H8F2N2O3. The van der Waals surface area contributed by atoms with Crippen LogP contribution in [0.2, 0.25) is 0 Å². The lowest BCUT2D eigenvalue weighted by molar-refractivity contribution is -0.384. The first-order valence-corrected chi connectivity index (χ1v) is 5.47. The van der Waals surface area contributed by atoms with Gasteiger partial charge < -0.3 is 0 Å². The maximum absolute atomic E-state index is 13.6. The van der Waals surface area contributed by atoms with Crippen LogP contribution in [-0.2, 0) is 4.79 Å². The van der Waals surface area contributed by atoms with Crippen LogP contribution in [0.1, 0.15) is 0 Å². The highest BCUT2D eigenvalue weighted by atomic mass is 19.1. The average Bonchev–Trinajstić information content (AvgIpc) is 2.42. The maximum Gasteiger partial charge on any atom is 0.269 e. The predicted octanol–water partition coefficient (Wildman–Crippen LogP) is 3.17. The van der Waals surface area contributed by atoms with Crippen molar-refractivity contribution in [3.05, 3.63) is 64.2 Å². The third kappa shape index (κ3) is 2.61. The van der Waals surface area contributed by atoms with Gasteiger partial charge in [-0.3, -0.25) is 19.8 Å². The van der Waals surface area contributed by atoms with Gasteiger partial charge in [0.2, 0.25) is 6.41 Å². The van der Waals surface area contributed by atoms with E-state index in [1.165, 1.54) is 24.3 Å². The van der Waals surface area contributed by atoms with Gasteiger partial charge >= 0.3 is 0 Å². The Morgan fingerprint density at radius 3 is 2.25 bits per heavy atom. The molecule has 0 atom stereocenters. The van der Waals surface area contributed by atoms with Crippen LogP contribution in [0.5, 0.6) is 0 Å². The molecule has 0 unspecified atom stereocenters. The van der Waals surface area contributed by atoms with Gasteiger partial charge in [-0.25, -0.2) is 8.78 Å². The highest BCUT2D eigenvalue weighted by Crippen LogP contribution is 2.28. The lowest BCUT2D eigenvalue weighted by Crippen LogP contribution is -2.15. The minimum Gasteiger partial charge on any atom is -0.281 e. The molecule has 0 aliphatic heterocycles.